The predicted molar refractivity (Wildman–Crippen MR) is 73.5 cm³/mol. The molecule has 0 saturated carbocycles. The topological polar surface area (TPSA) is 59.1 Å². The number of nitrogens with one attached hydrogen (secondary N) is 2. The molecular formula is C8H10Br2N4OS. The molecule has 0 radical (unpaired) electrons. The second kappa shape index (κ2) is 7.10. The van der Waals surface area contributed by atoms with Gasteiger partial charge < -0.3 is 15.4 Å². The van der Waals surface area contributed by atoms with Gasteiger partial charge in [-0.2, -0.15) is 0 Å². The quantitative estimate of drug-likeness (QED) is 0.624. The van der Waals surface area contributed by atoms with Crippen LogP contribution in [0.15, 0.2) is 15.4 Å². The van der Waals surface area contributed by atoms with Crippen LogP contribution in [0.4, 0.5) is 5.82 Å². The maximum atomic E-state index is 5.06. The van der Waals surface area contributed by atoms with Crippen molar-refractivity contribution in [2.24, 2.45) is 0 Å². The molecule has 0 aromatic carbocycles. The number of aromatic nitrogens is 2. The smallest absolute Gasteiger partial charge is 0.172 e. The van der Waals surface area contributed by atoms with E-state index in [4.69, 9.17) is 17.0 Å². The van der Waals surface area contributed by atoms with Crippen LogP contribution in [0.2, 0.25) is 0 Å². The summed E-state index contributed by atoms with van der Waals surface area (Å²) >= 11 is 11.6. The summed E-state index contributed by atoms with van der Waals surface area (Å²) < 4.78 is 6.14. The van der Waals surface area contributed by atoms with E-state index in [-0.39, 0.29) is 0 Å². The number of ether oxygens (including phenoxy) is 1. The van der Waals surface area contributed by atoms with Gasteiger partial charge in [0, 0.05) is 13.7 Å². The molecule has 0 atom stereocenters. The fourth-order valence-corrected chi connectivity index (χ4v) is 1.96. The van der Waals surface area contributed by atoms with Crippen LogP contribution in [0.25, 0.3) is 0 Å². The standard InChI is InChI=1S/C8H10Br2N4OS/c1-15-3-2-11-8(16)14-7-6(10)13-5(9)4-12-7/h4H,2-3H2,1H3,(H2,11,12,14,16). The van der Waals surface area contributed by atoms with Gasteiger partial charge in [0.15, 0.2) is 10.9 Å². The van der Waals surface area contributed by atoms with E-state index in [1.165, 1.54) is 0 Å². The first-order chi connectivity index (χ1) is 7.63. The second-order valence-corrected chi connectivity index (χ2v) is 4.68. The zero-order valence-corrected chi connectivity index (χ0v) is 12.4. The van der Waals surface area contributed by atoms with Crippen molar-refractivity contribution in [3.63, 3.8) is 0 Å². The van der Waals surface area contributed by atoms with Crippen molar-refractivity contribution >= 4 is 55.0 Å². The van der Waals surface area contributed by atoms with E-state index in [0.717, 1.165) is 0 Å². The SMILES string of the molecule is COCCNC(=S)Nc1ncc(Br)nc1Br. The van der Waals surface area contributed by atoms with Crippen molar-refractivity contribution in [1.29, 1.82) is 0 Å². The first kappa shape index (κ1) is 13.8. The molecule has 16 heavy (non-hydrogen) atoms. The van der Waals surface area contributed by atoms with E-state index < -0.39 is 0 Å². The zero-order chi connectivity index (χ0) is 12.0. The molecule has 0 amide bonds. The van der Waals surface area contributed by atoms with E-state index in [2.05, 4.69) is 52.5 Å². The maximum Gasteiger partial charge on any atom is 0.172 e. The van der Waals surface area contributed by atoms with Crippen LogP contribution in [0.3, 0.4) is 0 Å². The summed E-state index contributed by atoms with van der Waals surface area (Å²) in [5, 5.41) is 6.37. The molecule has 0 fully saturated rings. The highest BCUT2D eigenvalue weighted by atomic mass is 79.9. The molecule has 1 aromatic rings. The largest absolute Gasteiger partial charge is 0.383 e. The average Bonchev–Trinajstić information content (AvgIpc) is 2.23. The van der Waals surface area contributed by atoms with E-state index in [9.17, 15) is 0 Å². The molecule has 1 aromatic heterocycles. The van der Waals surface area contributed by atoms with E-state index in [1.807, 2.05) is 0 Å². The number of nitrogens with zero attached hydrogens (tertiary/aromatic N) is 2. The highest BCUT2D eigenvalue weighted by Gasteiger charge is 2.05. The number of thiocarbonyl (C=S) groups is 1. The van der Waals surface area contributed by atoms with Crippen LogP contribution in [0.5, 0.6) is 0 Å². The van der Waals surface area contributed by atoms with Crippen molar-refractivity contribution in [3.05, 3.63) is 15.4 Å². The third-order valence-corrected chi connectivity index (χ3v) is 2.71. The van der Waals surface area contributed by atoms with Gasteiger partial charge in [0.25, 0.3) is 0 Å². The van der Waals surface area contributed by atoms with Crippen molar-refractivity contribution in [2.45, 2.75) is 0 Å². The number of rotatable bonds is 4. The Bertz CT molecular complexity index is 377. The van der Waals surface area contributed by atoms with Gasteiger partial charge in [-0.05, 0) is 44.1 Å². The lowest BCUT2D eigenvalue weighted by atomic mass is 10.6. The summed E-state index contributed by atoms with van der Waals surface area (Å²) in [5.41, 5.74) is 0. The van der Waals surface area contributed by atoms with Gasteiger partial charge >= 0.3 is 0 Å². The van der Waals surface area contributed by atoms with Crippen LogP contribution in [-0.2, 0) is 4.74 Å². The Morgan fingerprint density at radius 1 is 1.56 bits per heavy atom. The molecule has 2 N–H and O–H groups in total. The van der Waals surface area contributed by atoms with Gasteiger partial charge in [-0.1, -0.05) is 0 Å². The van der Waals surface area contributed by atoms with E-state index in [0.29, 0.717) is 33.3 Å². The molecule has 1 rings (SSSR count). The maximum absolute atomic E-state index is 5.06. The summed E-state index contributed by atoms with van der Waals surface area (Å²) in [6.45, 7) is 1.24. The Balaban J connectivity index is 2.49. The first-order valence-electron chi connectivity index (χ1n) is 4.35. The fraction of sp³-hybridized carbons (Fsp3) is 0.375. The molecule has 8 heteroatoms. The van der Waals surface area contributed by atoms with Gasteiger partial charge in [0.05, 0.1) is 12.8 Å². The van der Waals surface area contributed by atoms with E-state index in [1.54, 1.807) is 13.3 Å². The van der Waals surface area contributed by atoms with Crippen molar-refractivity contribution in [1.82, 2.24) is 15.3 Å². The zero-order valence-electron chi connectivity index (χ0n) is 8.46. The molecular weight excluding hydrogens is 360 g/mol. The van der Waals surface area contributed by atoms with Gasteiger partial charge in [0.2, 0.25) is 0 Å². The minimum atomic E-state index is 0.481. The molecule has 0 aliphatic rings. The second-order valence-electron chi connectivity index (χ2n) is 2.71. The molecule has 0 spiro atoms. The molecule has 0 aliphatic heterocycles. The lowest BCUT2D eigenvalue weighted by Crippen LogP contribution is -2.31. The van der Waals surface area contributed by atoms with Crippen molar-refractivity contribution in [2.75, 3.05) is 25.6 Å². The van der Waals surface area contributed by atoms with Crippen LogP contribution in [0, 0.1) is 0 Å². The summed E-state index contributed by atoms with van der Waals surface area (Å²) in [6, 6.07) is 0. The highest BCUT2D eigenvalue weighted by molar-refractivity contribution is 9.11. The van der Waals surface area contributed by atoms with Gasteiger partial charge in [-0.3, -0.25) is 0 Å². The minimum Gasteiger partial charge on any atom is -0.383 e. The fourth-order valence-electron chi connectivity index (χ4n) is 0.849. The minimum absolute atomic E-state index is 0.481. The van der Waals surface area contributed by atoms with Crippen LogP contribution in [0.1, 0.15) is 0 Å². The summed E-state index contributed by atoms with van der Waals surface area (Å²) in [7, 11) is 1.63. The van der Waals surface area contributed by atoms with Crippen LogP contribution < -0.4 is 10.6 Å². The van der Waals surface area contributed by atoms with Crippen LogP contribution in [-0.4, -0.2) is 35.3 Å². The third-order valence-electron chi connectivity index (χ3n) is 1.52. The lowest BCUT2D eigenvalue weighted by molar-refractivity contribution is 0.204. The van der Waals surface area contributed by atoms with Crippen LogP contribution >= 0.6 is 44.1 Å². The van der Waals surface area contributed by atoms with E-state index >= 15 is 0 Å². The number of hydrogen-bond acceptors (Lipinski definition) is 4. The molecule has 0 saturated heterocycles. The normalized spacial score (nSPS) is 9.94. The number of hydrogen-bond donors (Lipinski definition) is 2. The Morgan fingerprint density at radius 2 is 2.31 bits per heavy atom. The summed E-state index contributed by atoms with van der Waals surface area (Å²) in [6.07, 6.45) is 1.59. The monoisotopic (exact) mass is 368 g/mol. The molecule has 88 valence electrons. The molecule has 0 unspecified atom stereocenters. The number of halogens is 2. The first-order valence-corrected chi connectivity index (χ1v) is 6.34. The Hall–Kier alpha value is -0.310. The van der Waals surface area contributed by atoms with Crippen molar-refractivity contribution < 1.29 is 4.74 Å². The van der Waals surface area contributed by atoms with Crippen molar-refractivity contribution in [3.8, 4) is 0 Å². The van der Waals surface area contributed by atoms with Gasteiger partial charge in [-0.25, -0.2) is 9.97 Å². The predicted octanol–water partition coefficient (Wildman–Crippen LogP) is 1.93. The highest BCUT2D eigenvalue weighted by Crippen LogP contribution is 2.18. The Kier molecular flexibility index (Phi) is 6.10. The van der Waals surface area contributed by atoms with Gasteiger partial charge in [-0.15, -0.1) is 0 Å². The molecule has 1 heterocycles. The summed E-state index contributed by atoms with van der Waals surface area (Å²) in [4.78, 5) is 8.24. The van der Waals surface area contributed by atoms with Gasteiger partial charge in [0.1, 0.15) is 9.21 Å². The molecule has 0 bridgehead atoms. The Labute approximate surface area is 116 Å². The number of methoxy groups -OCH3 is 1. The average molecular weight is 370 g/mol. The molecule has 0 aliphatic carbocycles. The lowest BCUT2D eigenvalue weighted by Gasteiger charge is -2.10. The third kappa shape index (κ3) is 4.69. The molecule has 5 nitrogen and oxygen atoms in total. The summed E-state index contributed by atoms with van der Waals surface area (Å²) in [5.74, 6) is 0.568. The Morgan fingerprint density at radius 3 is 2.94 bits per heavy atom. The number of anilines is 1.